The number of halogens is 5. The van der Waals surface area contributed by atoms with Crippen molar-refractivity contribution in [3.05, 3.63) is 57.9 Å². The molecule has 0 saturated carbocycles. The minimum Gasteiger partial charge on any atom is -0.333 e. The van der Waals surface area contributed by atoms with Gasteiger partial charge in [0.05, 0.1) is 5.69 Å². The molecule has 1 aromatic carbocycles. The van der Waals surface area contributed by atoms with Gasteiger partial charge in [0.15, 0.2) is 17.3 Å². The minimum atomic E-state index is -5.03. The summed E-state index contributed by atoms with van der Waals surface area (Å²) in [7, 11) is 0. The number of nitrogens with zero attached hydrogens (tertiary/aromatic N) is 2. The molecule has 2 aliphatic rings. The van der Waals surface area contributed by atoms with E-state index in [1.165, 1.54) is 11.0 Å². The predicted octanol–water partition coefficient (Wildman–Crippen LogP) is 3.28. The molecular weight excluding hydrogens is 395 g/mol. The van der Waals surface area contributed by atoms with E-state index in [4.69, 9.17) is 0 Å². The van der Waals surface area contributed by atoms with Crippen LogP contribution in [0.3, 0.4) is 0 Å². The fraction of sp³-hybridized carbons (Fsp3) is 0.368. The van der Waals surface area contributed by atoms with Crippen molar-refractivity contribution in [1.82, 2.24) is 20.4 Å². The molecule has 10 heteroatoms. The van der Waals surface area contributed by atoms with E-state index >= 15 is 0 Å². The lowest BCUT2D eigenvalue weighted by atomic mass is 9.93. The van der Waals surface area contributed by atoms with E-state index in [0.29, 0.717) is 24.7 Å². The quantitative estimate of drug-likeness (QED) is 0.745. The summed E-state index contributed by atoms with van der Waals surface area (Å²) in [5, 5.41) is 10.1. The Balaban J connectivity index is 1.59. The molecule has 4 rings (SSSR count). The summed E-state index contributed by atoms with van der Waals surface area (Å²) in [5.74, 6) is -3.76. The zero-order valence-corrected chi connectivity index (χ0v) is 15.2. The first-order valence-electron chi connectivity index (χ1n) is 9.08. The highest BCUT2D eigenvalue weighted by atomic mass is 19.4. The Bertz CT molecular complexity index is 995. The molecule has 2 aromatic rings. The number of fused-ring (bicyclic) bond motifs is 1. The van der Waals surface area contributed by atoms with Gasteiger partial charge in [-0.1, -0.05) is 12.1 Å². The number of benzene rings is 1. The van der Waals surface area contributed by atoms with E-state index in [2.05, 4.69) is 15.5 Å². The normalized spacial score (nSPS) is 17.1. The third-order valence-corrected chi connectivity index (χ3v) is 5.23. The number of aromatic amines is 1. The first-order valence-corrected chi connectivity index (χ1v) is 9.08. The van der Waals surface area contributed by atoms with Crippen molar-refractivity contribution >= 4 is 11.5 Å². The Morgan fingerprint density at radius 2 is 1.97 bits per heavy atom. The monoisotopic (exact) mass is 412 g/mol. The second-order valence-corrected chi connectivity index (χ2v) is 6.97. The van der Waals surface area contributed by atoms with Gasteiger partial charge in [0.2, 0.25) is 0 Å². The highest BCUT2D eigenvalue weighted by Crippen LogP contribution is 2.39. The number of nitrogens with one attached hydrogen (secondary N) is 2. The van der Waals surface area contributed by atoms with Crippen molar-refractivity contribution in [2.75, 3.05) is 19.6 Å². The molecular formula is C19H17F5N4O. The molecule has 2 aliphatic heterocycles. The molecule has 0 fully saturated rings. The van der Waals surface area contributed by atoms with Crippen molar-refractivity contribution in [1.29, 1.82) is 0 Å². The number of carbonyl (C=O) groups is 1. The van der Waals surface area contributed by atoms with Crippen LogP contribution in [-0.2, 0) is 19.1 Å². The van der Waals surface area contributed by atoms with Gasteiger partial charge in [-0.15, -0.1) is 0 Å². The van der Waals surface area contributed by atoms with E-state index in [-0.39, 0.29) is 31.0 Å². The highest BCUT2D eigenvalue weighted by molar-refractivity contribution is 5.94. The average molecular weight is 412 g/mol. The molecule has 1 amide bonds. The fourth-order valence-corrected chi connectivity index (χ4v) is 3.76. The molecule has 0 unspecified atom stereocenters. The number of carbonyl (C=O) groups excluding carboxylic acids is 1. The molecule has 0 aliphatic carbocycles. The summed E-state index contributed by atoms with van der Waals surface area (Å²) in [6, 6.07) is 1.62. The van der Waals surface area contributed by atoms with E-state index in [0.717, 1.165) is 23.9 Å². The summed E-state index contributed by atoms with van der Waals surface area (Å²) >= 11 is 0. The average Bonchev–Trinajstić information content (AvgIpc) is 3.13. The molecule has 0 bridgehead atoms. The number of alkyl halides is 3. The standard InChI is InChI=1S/C19H17F5N4O/c20-13-2-1-11(15(16(13)21)19(22,23)24)10-4-7-28(8-5-10)18(29)17-12-3-6-25-9-14(12)26-27-17/h1-2,4,25H,3,5-9H2,(H,26,27). The van der Waals surface area contributed by atoms with Gasteiger partial charge < -0.3 is 10.2 Å². The van der Waals surface area contributed by atoms with Crippen molar-refractivity contribution in [3.63, 3.8) is 0 Å². The molecule has 0 spiro atoms. The van der Waals surface area contributed by atoms with Crippen LogP contribution in [0.2, 0.25) is 0 Å². The van der Waals surface area contributed by atoms with Crippen LogP contribution < -0.4 is 5.32 Å². The Kier molecular flexibility index (Phi) is 4.89. The van der Waals surface area contributed by atoms with Gasteiger partial charge in [0, 0.05) is 25.2 Å². The SMILES string of the molecule is O=C(c1n[nH]c2c1CCNC2)N1CC=C(c2ccc(F)c(F)c2C(F)(F)F)CC1. The molecule has 154 valence electrons. The topological polar surface area (TPSA) is 61.0 Å². The number of hydrogen-bond donors (Lipinski definition) is 2. The largest absolute Gasteiger partial charge is 0.419 e. The molecule has 3 heterocycles. The van der Waals surface area contributed by atoms with E-state index in [1.54, 1.807) is 0 Å². The molecule has 29 heavy (non-hydrogen) atoms. The molecule has 1 aromatic heterocycles. The second-order valence-electron chi connectivity index (χ2n) is 6.97. The number of H-pyrrole nitrogens is 1. The third-order valence-electron chi connectivity index (χ3n) is 5.23. The van der Waals surface area contributed by atoms with Gasteiger partial charge in [0.1, 0.15) is 5.56 Å². The van der Waals surface area contributed by atoms with Crippen LogP contribution in [0.15, 0.2) is 18.2 Å². The van der Waals surface area contributed by atoms with E-state index in [1.807, 2.05) is 0 Å². The van der Waals surface area contributed by atoms with Gasteiger partial charge in [-0.2, -0.15) is 18.3 Å². The van der Waals surface area contributed by atoms with Crippen molar-refractivity contribution in [2.45, 2.75) is 25.6 Å². The zero-order valence-electron chi connectivity index (χ0n) is 15.2. The number of rotatable bonds is 2. The third kappa shape index (κ3) is 3.52. The van der Waals surface area contributed by atoms with Crippen LogP contribution in [0, 0.1) is 11.6 Å². The summed E-state index contributed by atoms with van der Waals surface area (Å²) in [6.45, 7) is 1.54. The first kappa shape index (κ1) is 19.6. The fourth-order valence-electron chi connectivity index (χ4n) is 3.76. The number of hydrogen-bond acceptors (Lipinski definition) is 3. The van der Waals surface area contributed by atoms with Crippen LogP contribution in [0.4, 0.5) is 22.0 Å². The van der Waals surface area contributed by atoms with Crippen molar-refractivity contribution in [2.24, 2.45) is 0 Å². The van der Waals surface area contributed by atoms with Gasteiger partial charge >= 0.3 is 6.18 Å². The lowest BCUT2D eigenvalue weighted by Gasteiger charge is -2.27. The highest BCUT2D eigenvalue weighted by Gasteiger charge is 2.39. The molecule has 2 N–H and O–H groups in total. The van der Waals surface area contributed by atoms with Gasteiger partial charge in [-0.05, 0) is 36.6 Å². The van der Waals surface area contributed by atoms with Crippen LogP contribution in [0.25, 0.3) is 5.57 Å². The van der Waals surface area contributed by atoms with Crippen LogP contribution in [0.1, 0.15) is 39.3 Å². The van der Waals surface area contributed by atoms with Gasteiger partial charge in [-0.25, -0.2) is 8.78 Å². The molecule has 0 radical (unpaired) electrons. The zero-order chi connectivity index (χ0) is 20.8. The maximum atomic E-state index is 13.9. The second kappa shape index (κ2) is 7.25. The minimum absolute atomic E-state index is 0.0599. The van der Waals surface area contributed by atoms with E-state index in [9.17, 15) is 26.7 Å². The maximum absolute atomic E-state index is 13.9. The smallest absolute Gasteiger partial charge is 0.333 e. The lowest BCUT2D eigenvalue weighted by Crippen LogP contribution is -2.36. The van der Waals surface area contributed by atoms with E-state index < -0.39 is 28.9 Å². The van der Waals surface area contributed by atoms with Gasteiger partial charge in [-0.3, -0.25) is 9.89 Å². The lowest BCUT2D eigenvalue weighted by molar-refractivity contribution is -0.140. The van der Waals surface area contributed by atoms with Gasteiger partial charge in [0.25, 0.3) is 5.91 Å². The first-order chi connectivity index (χ1) is 13.8. The van der Waals surface area contributed by atoms with Crippen LogP contribution in [0.5, 0.6) is 0 Å². The Morgan fingerprint density at radius 3 is 2.66 bits per heavy atom. The summed E-state index contributed by atoms with van der Waals surface area (Å²) in [5.41, 5.74) is 0.243. The predicted molar refractivity (Wildman–Crippen MR) is 93.9 cm³/mol. The molecule has 0 saturated heterocycles. The number of amides is 1. The summed E-state index contributed by atoms with van der Waals surface area (Å²) in [6.07, 6.45) is -2.83. The van der Waals surface area contributed by atoms with Crippen LogP contribution >= 0.6 is 0 Å². The van der Waals surface area contributed by atoms with Crippen LogP contribution in [-0.4, -0.2) is 40.6 Å². The number of aromatic nitrogens is 2. The van der Waals surface area contributed by atoms with Crippen molar-refractivity contribution < 1.29 is 26.7 Å². The maximum Gasteiger partial charge on any atom is 0.419 e. The van der Waals surface area contributed by atoms with Crippen molar-refractivity contribution in [3.8, 4) is 0 Å². The Morgan fingerprint density at radius 1 is 1.17 bits per heavy atom. The molecule has 0 atom stereocenters. The molecule has 5 nitrogen and oxygen atoms in total. The summed E-state index contributed by atoms with van der Waals surface area (Å²) in [4.78, 5) is 14.3. The Labute approximate surface area is 162 Å². The Hall–Kier alpha value is -2.75. The summed E-state index contributed by atoms with van der Waals surface area (Å²) < 4.78 is 67.1.